The van der Waals surface area contributed by atoms with E-state index in [0.29, 0.717) is 6.42 Å². The van der Waals surface area contributed by atoms with E-state index in [-0.39, 0.29) is 10.8 Å². The van der Waals surface area contributed by atoms with Crippen LogP contribution >= 0.6 is 12.2 Å². The zero-order valence-corrected chi connectivity index (χ0v) is 6.81. The number of nitrogens with one attached hydrogen (secondary N) is 1. The Balaban J connectivity index is 4.13. The second-order valence-electron chi connectivity index (χ2n) is 1.69. The third-order valence-electron chi connectivity index (χ3n) is 0.883. The maximum atomic E-state index is 10.3. The van der Waals surface area contributed by atoms with Gasteiger partial charge in [-0.1, -0.05) is 6.92 Å². The number of nitrogens with two attached hydrogens (primary N) is 1. The molecule has 0 fully saturated rings. The summed E-state index contributed by atoms with van der Waals surface area (Å²) in [7, 11) is 0. The van der Waals surface area contributed by atoms with Crippen molar-refractivity contribution in [3.05, 3.63) is 0 Å². The van der Waals surface area contributed by atoms with Crippen molar-refractivity contribution in [1.29, 1.82) is 0 Å². The summed E-state index contributed by atoms with van der Waals surface area (Å²) in [5, 5.41) is 11.8. The minimum absolute atomic E-state index is 0.00204. The third kappa shape index (κ3) is 4.26. The van der Waals surface area contributed by atoms with Crippen LogP contribution in [0.25, 0.3) is 0 Å². The van der Waals surface area contributed by atoms with E-state index in [9.17, 15) is 4.79 Å². The number of aliphatic carboxylic acids is 1. The number of carbonyl (C=O) groups is 1. The highest BCUT2D eigenvalue weighted by atomic mass is 32.1. The standard InChI is InChI=1S/C5H9N3O2S/c1-2-3(4(9)10)7-8-5(6)11/h2H2,1H3,(H,9,10)(H3,6,8,11)/b7-3-. The molecule has 0 aliphatic rings. The van der Waals surface area contributed by atoms with Crippen LogP contribution in [-0.2, 0) is 4.79 Å². The molecule has 0 saturated heterocycles. The Kier molecular flexibility index (Phi) is 4.12. The normalized spacial score (nSPS) is 10.8. The van der Waals surface area contributed by atoms with Crippen LogP contribution in [0.4, 0.5) is 0 Å². The predicted molar refractivity (Wildman–Crippen MR) is 45.3 cm³/mol. The van der Waals surface area contributed by atoms with Crippen LogP contribution < -0.4 is 11.2 Å². The maximum absolute atomic E-state index is 10.3. The average Bonchev–Trinajstić information content (AvgIpc) is 1.87. The van der Waals surface area contributed by atoms with Crippen LogP contribution in [0.3, 0.4) is 0 Å². The third-order valence-corrected chi connectivity index (χ3v) is 0.974. The Morgan fingerprint density at radius 2 is 2.36 bits per heavy atom. The number of carboxylic acid groups (broad SMARTS) is 1. The van der Waals surface area contributed by atoms with Gasteiger partial charge in [0, 0.05) is 0 Å². The lowest BCUT2D eigenvalue weighted by molar-refractivity contribution is -0.129. The van der Waals surface area contributed by atoms with E-state index >= 15 is 0 Å². The molecule has 5 nitrogen and oxygen atoms in total. The molecular weight excluding hydrogens is 166 g/mol. The molecule has 0 aromatic carbocycles. The molecule has 0 atom stereocenters. The van der Waals surface area contributed by atoms with E-state index in [1.807, 2.05) is 0 Å². The summed E-state index contributed by atoms with van der Waals surface area (Å²) in [5.74, 6) is -1.07. The van der Waals surface area contributed by atoms with Gasteiger partial charge in [0.05, 0.1) is 0 Å². The fraction of sp³-hybridized carbons (Fsp3) is 0.400. The predicted octanol–water partition coefficient (Wildman–Crippen LogP) is -0.330. The second-order valence-corrected chi connectivity index (χ2v) is 2.13. The Morgan fingerprint density at radius 1 is 1.82 bits per heavy atom. The number of carboxylic acids is 1. The fourth-order valence-electron chi connectivity index (χ4n) is 0.401. The van der Waals surface area contributed by atoms with Gasteiger partial charge < -0.3 is 10.8 Å². The number of rotatable bonds is 3. The van der Waals surface area contributed by atoms with Crippen molar-refractivity contribution in [2.75, 3.05) is 0 Å². The van der Waals surface area contributed by atoms with Crippen molar-refractivity contribution in [2.24, 2.45) is 10.8 Å². The summed E-state index contributed by atoms with van der Waals surface area (Å²) in [6.07, 6.45) is 0.324. The molecule has 0 aliphatic heterocycles. The Bertz CT molecular complexity index is 202. The summed E-state index contributed by atoms with van der Waals surface area (Å²) in [5.41, 5.74) is 7.21. The lowest BCUT2D eigenvalue weighted by atomic mass is 10.3. The number of nitrogens with zero attached hydrogens (tertiary/aromatic N) is 1. The van der Waals surface area contributed by atoms with Crippen LogP contribution in [0.1, 0.15) is 13.3 Å². The van der Waals surface area contributed by atoms with Gasteiger partial charge in [-0.25, -0.2) is 4.79 Å². The molecule has 0 unspecified atom stereocenters. The molecule has 11 heavy (non-hydrogen) atoms. The van der Waals surface area contributed by atoms with Crippen LogP contribution in [0.15, 0.2) is 5.10 Å². The van der Waals surface area contributed by atoms with E-state index in [2.05, 4.69) is 22.7 Å². The van der Waals surface area contributed by atoms with Crippen LogP contribution in [-0.4, -0.2) is 21.9 Å². The summed E-state index contributed by atoms with van der Waals surface area (Å²) in [6.45, 7) is 1.67. The van der Waals surface area contributed by atoms with Crippen molar-refractivity contribution in [3.8, 4) is 0 Å². The topological polar surface area (TPSA) is 87.7 Å². The zero-order chi connectivity index (χ0) is 8.85. The van der Waals surface area contributed by atoms with Gasteiger partial charge in [0.15, 0.2) is 5.11 Å². The highest BCUT2D eigenvalue weighted by Gasteiger charge is 2.05. The molecule has 0 aromatic rings. The molecule has 0 heterocycles. The van der Waals surface area contributed by atoms with Crippen LogP contribution in [0.2, 0.25) is 0 Å². The summed E-state index contributed by atoms with van der Waals surface area (Å²) >= 11 is 4.42. The van der Waals surface area contributed by atoms with Crippen LogP contribution in [0.5, 0.6) is 0 Å². The lowest BCUT2D eigenvalue weighted by Crippen LogP contribution is -2.27. The zero-order valence-electron chi connectivity index (χ0n) is 6.00. The van der Waals surface area contributed by atoms with Gasteiger partial charge in [0.1, 0.15) is 5.71 Å². The minimum Gasteiger partial charge on any atom is -0.477 e. The lowest BCUT2D eigenvalue weighted by Gasteiger charge is -1.97. The molecule has 6 heteroatoms. The van der Waals surface area contributed by atoms with Crippen molar-refractivity contribution >= 4 is 29.0 Å². The summed E-state index contributed by atoms with van der Waals surface area (Å²) < 4.78 is 0. The molecule has 0 rings (SSSR count). The number of hydrazone groups is 1. The van der Waals surface area contributed by atoms with Gasteiger partial charge >= 0.3 is 5.97 Å². The first kappa shape index (κ1) is 9.83. The van der Waals surface area contributed by atoms with E-state index in [1.165, 1.54) is 0 Å². The Morgan fingerprint density at radius 3 is 2.64 bits per heavy atom. The van der Waals surface area contributed by atoms with E-state index in [4.69, 9.17) is 10.8 Å². The fourth-order valence-corrected chi connectivity index (χ4v) is 0.446. The Labute approximate surface area is 69.3 Å². The molecule has 0 spiro atoms. The highest BCUT2D eigenvalue weighted by molar-refractivity contribution is 7.80. The van der Waals surface area contributed by atoms with Gasteiger partial charge in [-0.3, -0.25) is 5.43 Å². The molecule has 0 aromatic heterocycles. The number of thiocarbonyl (C=S) groups is 1. The first-order chi connectivity index (χ1) is 5.07. The average molecular weight is 175 g/mol. The minimum atomic E-state index is -1.07. The van der Waals surface area contributed by atoms with Gasteiger partial charge in [-0.05, 0) is 18.6 Å². The van der Waals surface area contributed by atoms with E-state index in [1.54, 1.807) is 6.92 Å². The molecule has 62 valence electrons. The first-order valence-corrected chi connectivity index (χ1v) is 3.34. The molecule has 0 amide bonds. The van der Waals surface area contributed by atoms with Gasteiger partial charge in [-0.15, -0.1) is 0 Å². The van der Waals surface area contributed by atoms with E-state index < -0.39 is 5.97 Å². The monoisotopic (exact) mass is 175 g/mol. The van der Waals surface area contributed by atoms with Crippen molar-refractivity contribution < 1.29 is 9.90 Å². The molecule has 4 N–H and O–H groups in total. The van der Waals surface area contributed by atoms with Crippen molar-refractivity contribution in [3.63, 3.8) is 0 Å². The van der Waals surface area contributed by atoms with Gasteiger partial charge in [0.2, 0.25) is 0 Å². The smallest absolute Gasteiger partial charge is 0.352 e. The van der Waals surface area contributed by atoms with Gasteiger partial charge in [0.25, 0.3) is 0 Å². The largest absolute Gasteiger partial charge is 0.477 e. The Hall–Kier alpha value is -1.17. The summed E-state index contributed by atoms with van der Waals surface area (Å²) in [6, 6.07) is 0. The second kappa shape index (κ2) is 4.62. The molecule has 0 aliphatic carbocycles. The molecular formula is C5H9N3O2S. The summed E-state index contributed by atoms with van der Waals surface area (Å²) in [4.78, 5) is 10.3. The highest BCUT2D eigenvalue weighted by Crippen LogP contribution is 1.83. The SMILES string of the molecule is CC/C(=N/NC(N)=S)C(=O)O. The van der Waals surface area contributed by atoms with Gasteiger partial charge in [-0.2, -0.15) is 5.10 Å². The van der Waals surface area contributed by atoms with Crippen molar-refractivity contribution in [2.45, 2.75) is 13.3 Å². The number of hydrogen-bond acceptors (Lipinski definition) is 3. The molecule has 0 saturated carbocycles. The van der Waals surface area contributed by atoms with E-state index in [0.717, 1.165) is 0 Å². The van der Waals surface area contributed by atoms with Crippen molar-refractivity contribution in [1.82, 2.24) is 5.43 Å². The molecule has 0 radical (unpaired) electrons. The number of hydrogen-bond donors (Lipinski definition) is 3. The quantitative estimate of drug-likeness (QED) is 0.310. The van der Waals surface area contributed by atoms with Crippen LogP contribution in [0, 0.1) is 0 Å². The maximum Gasteiger partial charge on any atom is 0.352 e. The first-order valence-electron chi connectivity index (χ1n) is 2.93. The molecule has 0 bridgehead atoms.